The van der Waals surface area contributed by atoms with E-state index in [0.29, 0.717) is 28.9 Å². The Balaban J connectivity index is 1.36. The van der Waals surface area contributed by atoms with Gasteiger partial charge in [-0.25, -0.2) is 14.4 Å². The quantitative estimate of drug-likeness (QED) is 0.364. The van der Waals surface area contributed by atoms with Gasteiger partial charge in [-0.1, -0.05) is 12.1 Å². The Kier molecular flexibility index (Phi) is 6.13. The van der Waals surface area contributed by atoms with Crippen LogP contribution in [0.25, 0.3) is 22.5 Å². The van der Waals surface area contributed by atoms with E-state index in [-0.39, 0.29) is 28.9 Å². The molecule has 39 heavy (non-hydrogen) atoms. The van der Waals surface area contributed by atoms with Crippen molar-refractivity contribution in [1.82, 2.24) is 20.3 Å². The minimum Gasteiger partial charge on any atom is -0.496 e. The van der Waals surface area contributed by atoms with E-state index in [4.69, 9.17) is 4.74 Å². The normalized spacial score (nSPS) is 19.2. The minimum atomic E-state index is -0.549. The fourth-order valence-corrected chi connectivity index (χ4v) is 5.17. The van der Waals surface area contributed by atoms with Crippen molar-refractivity contribution in [3.05, 3.63) is 84.2 Å². The third-order valence-electron chi connectivity index (χ3n) is 7.25. The molecule has 2 aliphatic heterocycles. The first-order chi connectivity index (χ1) is 19.0. The van der Waals surface area contributed by atoms with Gasteiger partial charge in [0.2, 0.25) is 0 Å². The monoisotopic (exact) mass is 521 g/mol. The minimum absolute atomic E-state index is 0.0492. The molecule has 2 saturated heterocycles. The number of pyridine rings is 1. The first kappa shape index (κ1) is 24.5. The molecule has 0 bridgehead atoms. The maximum atomic E-state index is 14.6. The van der Waals surface area contributed by atoms with Crippen LogP contribution in [0, 0.1) is 17.1 Å². The lowest BCUT2D eigenvalue weighted by atomic mass is 10.0. The second-order valence-electron chi connectivity index (χ2n) is 9.49. The Morgan fingerprint density at radius 3 is 2.87 bits per heavy atom. The number of halogens is 1. The van der Waals surface area contributed by atoms with Crippen molar-refractivity contribution in [3.8, 4) is 34.3 Å². The van der Waals surface area contributed by atoms with Gasteiger partial charge >= 0.3 is 0 Å². The number of benzene rings is 2. The number of hydrogen-bond acceptors (Lipinski definition) is 8. The number of rotatable bonds is 6. The SMILES string of the molecule is COc1cccc(F)c1-c1nccc(C(=O)Nc2ccc(-c3cnccc3C#N)cc2N2C[C@H]3NC3[C@@H]2C)n1. The molecule has 2 aliphatic rings. The van der Waals surface area contributed by atoms with Crippen molar-refractivity contribution in [2.24, 2.45) is 0 Å². The summed E-state index contributed by atoms with van der Waals surface area (Å²) in [5, 5.41) is 16.1. The molecule has 0 aliphatic carbocycles. The topological polar surface area (TPSA) is 126 Å². The molecule has 6 rings (SSSR count). The number of nitrogens with zero attached hydrogens (tertiary/aromatic N) is 5. The first-order valence-electron chi connectivity index (χ1n) is 12.5. The number of carbonyl (C=O) groups is 1. The second kappa shape index (κ2) is 9.78. The van der Waals surface area contributed by atoms with Crippen LogP contribution >= 0.6 is 0 Å². The number of nitriles is 1. The number of piperazine rings is 1. The van der Waals surface area contributed by atoms with Gasteiger partial charge in [0.15, 0.2) is 5.82 Å². The lowest BCUT2D eigenvalue weighted by Crippen LogP contribution is -2.36. The van der Waals surface area contributed by atoms with Crippen LogP contribution in [-0.2, 0) is 0 Å². The molecule has 2 N–H and O–H groups in total. The molecular weight excluding hydrogens is 497 g/mol. The van der Waals surface area contributed by atoms with Crippen LogP contribution in [0.15, 0.2) is 67.1 Å². The molecule has 2 aromatic carbocycles. The highest BCUT2D eigenvalue weighted by atomic mass is 19.1. The molecule has 1 amide bonds. The predicted molar refractivity (Wildman–Crippen MR) is 144 cm³/mol. The average molecular weight is 522 g/mol. The summed E-state index contributed by atoms with van der Waals surface area (Å²) >= 11 is 0. The second-order valence-corrected chi connectivity index (χ2v) is 9.49. The number of hydrogen-bond donors (Lipinski definition) is 2. The molecule has 1 unspecified atom stereocenters. The van der Waals surface area contributed by atoms with Crippen molar-refractivity contribution in [1.29, 1.82) is 5.26 Å². The summed E-state index contributed by atoms with van der Waals surface area (Å²) < 4.78 is 19.9. The van der Waals surface area contributed by atoms with E-state index in [1.54, 1.807) is 24.5 Å². The summed E-state index contributed by atoms with van der Waals surface area (Å²) in [6.07, 6.45) is 4.68. The van der Waals surface area contributed by atoms with Crippen molar-refractivity contribution in [2.45, 2.75) is 25.0 Å². The zero-order chi connectivity index (χ0) is 27.1. The zero-order valence-electron chi connectivity index (χ0n) is 21.2. The highest BCUT2D eigenvalue weighted by Crippen LogP contribution is 2.40. The predicted octanol–water partition coefficient (Wildman–Crippen LogP) is 4.03. The first-order valence-corrected chi connectivity index (χ1v) is 12.5. The fraction of sp³-hybridized carbons (Fsp3) is 0.207. The standard InChI is InChI=1S/C29H24FN7O2/c1-16-27-23(34-27)15-37(16)24-12-17(19-14-32-10-8-18(19)13-31)6-7-21(24)36-29(38)22-9-11-33-28(35-22)26-20(30)4-3-5-25(26)39-2/h3-12,14,16,23,27,34H,15H2,1-2H3,(H,36,38)/t16-,23+,27?/m0/s1. The van der Waals surface area contributed by atoms with Gasteiger partial charge in [-0.3, -0.25) is 9.78 Å². The van der Waals surface area contributed by atoms with Crippen molar-refractivity contribution in [2.75, 3.05) is 23.9 Å². The maximum absolute atomic E-state index is 14.6. The van der Waals surface area contributed by atoms with Gasteiger partial charge in [-0.15, -0.1) is 0 Å². The van der Waals surface area contributed by atoms with E-state index >= 15 is 0 Å². The fourth-order valence-electron chi connectivity index (χ4n) is 5.17. The Morgan fingerprint density at radius 2 is 2.10 bits per heavy atom. The lowest BCUT2D eigenvalue weighted by molar-refractivity contribution is 0.102. The van der Waals surface area contributed by atoms with Gasteiger partial charge in [0.1, 0.15) is 17.3 Å². The number of anilines is 2. The number of carbonyl (C=O) groups excluding carboxylic acids is 1. The van der Waals surface area contributed by atoms with E-state index in [1.165, 1.54) is 31.5 Å². The van der Waals surface area contributed by atoms with Crippen LogP contribution in [0.4, 0.5) is 15.8 Å². The maximum Gasteiger partial charge on any atom is 0.274 e. The summed E-state index contributed by atoms with van der Waals surface area (Å²) in [7, 11) is 1.43. The van der Waals surface area contributed by atoms with Gasteiger partial charge in [-0.05, 0) is 48.9 Å². The highest BCUT2D eigenvalue weighted by molar-refractivity contribution is 6.05. The molecule has 4 heterocycles. The van der Waals surface area contributed by atoms with Gasteiger partial charge in [0.25, 0.3) is 5.91 Å². The van der Waals surface area contributed by atoms with Crippen LogP contribution < -0.4 is 20.3 Å². The molecule has 2 aromatic heterocycles. The largest absolute Gasteiger partial charge is 0.496 e. The summed E-state index contributed by atoms with van der Waals surface area (Å²) in [5.74, 6) is -0.690. The molecule has 0 radical (unpaired) electrons. The molecule has 9 nitrogen and oxygen atoms in total. The summed E-state index contributed by atoms with van der Waals surface area (Å²) in [4.78, 5) is 28.4. The van der Waals surface area contributed by atoms with Gasteiger partial charge < -0.3 is 20.3 Å². The number of amides is 1. The van der Waals surface area contributed by atoms with Gasteiger partial charge in [0, 0.05) is 48.8 Å². The van der Waals surface area contributed by atoms with Gasteiger partial charge in [0.05, 0.1) is 35.7 Å². The molecular formula is C29H24FN7O2. The third-order valence-corrected chi connectivity index (χ3v) is 7.25. The van der Waals surface area contributed by atoms with E-state index in [9.17, 15) is 14.4 Å². The van der Waals surface area contributed by atoms with Crippen molar-refractivity contribution >= 4 is 17.3 Å². The number of ether oxygens (including phenoxy) is 1. The van der Waals surface area contributed by atoms with E-state index in [0.717, 1.165) is 17.8 Å². The Morgan fingerprint density at radius 1 is 1.23 bits per heavy atom. The summed E-state index contributed by atoms with van der Waals surface area (Å²) in [5.41, 5.74) is 3.66. The molecule has 10 heteroatoms. The molecule has 194 valence electrons. The summed E-state index contributed by atoms with van der Waals surface area (Å²) in [6.45, 7) is 2.94. The van der Waals surface area contributed by atoms with Crippen molar-refractivity contribution in [3.63, 3.8) is 0 Å². The van der Waals surface area contributed by atoms with E-state index in [2.05, 4.69) is 43.5 Å². The van der Waals surface area contributed by atoms with Crippen LogP contribution in [0.2, 0.25) is 0 Å². The van der Waals surface area contributed by atoms with Crippen molar-refractivity contribution < 1.29 is 13.9 Å². The van der Waals surface area contributed by atoms with Crippen LogP contribution in [0.1, 0.15) is 23.0 Å². The molecule has 2 fully saturated rings. The summed E-state index contributed by atoms with van der Waals surface area (Å²) in [6, 6.07) is 16.5. The number of aromatic nitrogens is 3. The molecule has 4 aromatic rings. The van der Waals surface area contributed by atoms with Gasteiger partial charge in [-0.2, -0.15) is 5.26 Å². The highest BCUT2D eigenvalue weighted by Gasteiger charge is 2.50. The molecule has 0 spiro atoms. The lowest BCUT2D eigenvalue weighted by Gasteiger charge is -2.29. The molecule has 0 saturated carbocycles. The van der Waals surface area contributed by atoms with E-state index in [1.807, 2.05) is 18.2 Å². The smallest absolute Gasteiger partial charge is 0.274 e. The van der Waals surface area contributed by atoms with Crippen LogP contribution in [-0.4, -0.2) is 52.6 Å². The zero-order valence-corrected chi connectivity index (χ0v) is 21.2. The number of nitrogens with one attached hydrogen (secondary N) is 2. The Labute approximate surface area is 224 Å². The average Bonchev–Trinajstić information content (AvgIpc) is 3.68. The number of methoxy groups -OCH3 is 1. The Hall–Kier alpha value is -4.88. The van der Waals surface area contributed by atoms with Crippen LogP contribution in [0.3, 0.4) is 0 Å². The van der Waals surface area contributed by atoms with E-state index < -0.39 is 11.7 Å². The number of fused-ring (bicyclic) bond motifs is 1. The Bertz CT molecular complexity index is 1640. The van der Waals surface area contributed by atoms with Crippen LogP contribution in [0.5, 0.6) is 5.75 Å². The molecule has 3 atom stereocenters. The third kappa shape index (κ3) is 4.43.